The number of hydrogen-bond acceptors (Lipinski definition) is 8. The zero-order valence-electron chi connectivity index (χ0n) is 20.1. The molecule has 36 heavy (non-hydrogen) atoms. The Morgan fingerprint density at radius 3 is 2.78 bits per heavy atom. The molecule has 0 aliphatic carbocycles. The number of nitrogens with zero attached hydrogens (tertiary/aromatic N) is 6. The Morgan fingerprint density at radius 2 is 2.06 bits per heavy atom. The Kier molecular flexibility index (Phi) is 5.57. The highest BCUT2D eigenvalue weighted by Crippen LogP contribution is 2.36. The molecule has 2 bridgehead atoms. The molecule has 3 aromatic heterocycles. The SMILES string of the molecule is CCCOc1ccc(S(=O)(=O)N2C[C@@H]3C[C@H]2CN3)cc1-c1nc2c([nH]1)c1nncn1c(=O)n2CCC. The van der Waals surface area contributed by atoms with Crippen molar-refractivity contribution in [1.29, 1.82) is 0 Å². The summed E-state index contributed by atoms with van der Waals surface area (Å²) in [6.07, 6.45) is 3.73. The Hall–Kier alpha value is -3.29. The highest BCUT2D eigenvalue weighted by atomic mass is 32.2. The molecule has 13 heteroatoms. The van der Waals surface area contributed by atoms with Gasteiger partial charge in [0.1, 0.15) is 23.4 Å². The first-order valence-electron chi connectivity index (χ1n) is 12.3. The average molecular weight is 513 g/mol. The minimum atomic E-state index is -3.70. The van der Waals surface area contributed by atoms with Crippen LogP contribution in [0.2, 0.25) is 0 Å². The van der Waals surface area contributed by atoms with Gasteiger partial charge in [-0.1, -0.05) is 13.8 Å². The maximum Gasteiger partial charge on any atom is 0.336 e. The van der Waals surface area contributed by atoms with Gasteiger partial charge in [0.15, 0.2) is 11.3 Å². The van der Waals surface area contributed by atoms with Gasteiger partial charge < -0.3 is 15.0 Å². The third kappa shape index (κ3) is 3.52. The number of hydrogen-bond donors (Lipinski definition) is 2. The molecule has 2 N–H and O–H groups in total. The lowest BCUT2D eigenvalue weighted by Crippen LogP contribution is -2.46. The maximum absolute atomic E-state index is 13.6. The minimum absolute atomic E-state index is 0.0321. The number of benzene rings is 1. The Balaban J connectivity index is 1.52. The van der Waals surface area contributed by atoms with Crippen molar-refractivity contribution >= 4 is 26.8 Å². The van der Waals surface area contributed by atoms with Crippen LogP contribution >= 0.6 is 0 Å². The summed E-state index contributed by atoms with van der Waals surface area (Å²) in [5.74, 6) is 0.916. The summed E-state index contributed by atoms with van der Waals surface area (Å²) >= 11 is 0. The van der Waals surface area contributed by atoms with E-state index in [2.05, 4.69) is 20.5 Å². The van der Waals surface area contributed by atoms with Gasteiger partial charge in [-0.25, -0.2) is 22.6 Å². The number of ether oxygens (including phenoxy) is 1. The van der Waals surface area contributed by atoms with Crippen LogP contribution < -0.4 is 15.7 Å². The third-order valence-electron chi connectivity index (χ3n) is 6.88. The van der Waals surface area contributed by atoms with Crippen LogP contribution in [-0.4, -0.2) is 73.6 Å². The Morgan fingerprint density at radius 1 is 1.19 bits per heavy atom. The second-order valence-electron chi connectivity index (χ2n) is 9.32. The van der Waals surface area contributed by atoms with Gasteiger partial charge in [0.25, 0.3) is 0 Å². The van der Waals surface area contributed by atoms with E-state index in [0.29, 0.717) is 60.2 Å². The van der Waals surface area contributed by atoms with Gasteiger partial charge in [0, 0.05) is 31.7 Å². The van der Waals surface area contributed by atoms with Crippen LogP contribution in [0.1, 0.15) is 33.1 Å². The number of fused-ring (bicyclic) bond motifs is 5. The summed E-state index contributed by atoms with van der Waals surface area (Å²) < 4.78 is 37.7. The third-order valence-corrected chi connectivity index (χ3v) is 8.79. The second kappa shape index (κ2) is 8.68. The van der Waals surface area contributed by atoms with Gasteiger partial charge in [-0.05, 0) is 37.5 Å². The van der Waals surface area contributed by atoms with Crippen molar-refractivity contribution in [3.63, 3.8) is 0 Å². The first-order valence-corrected chi connectivity index (χ1v) is 13.7. The van der Waals surface area contributed by atoms with Gasteiger partial charge >= 0.3 is 5.69 Å². The lowest BCUT2D eigenvalue weighted by molar-refractivity contribution is 0.318. The molecule has 0 amide bonds. The molecule has 12 nitrogen and oxygen atoms in total. The van der Waals surface area contributed by atoms with Crippen molar-refractivity contribution in [1.82, 2.24) is 38.8 Å². The number of nitrogens with one attached hydrogen (secondary N) is 2. The van der Waals surface area contributed by atoms with E-state index < -0.39 is 10.0 Å². The molecule has 4 aromatic rings. The summed E-state index contributed by atoms with van der Waals surface area (Å²) in [5.41, 5.74) is 1.58. The number of piperazine rings is 1. The van der Waals surface area contributed by atoms with Gasteiger partial charge in [-0.2, -0.15) is 4.31 Å². The topological polar surface area (TPSA) is 140 Å². The largest absolute Gasteiger partial charge is 0.493 e. The summed E-state index contributed by atoms with van der Waals surface area (Å²) in [7, 11) is -3.70. The molecule has 2 fully saturated rings. The number of H-pyrrole nitrogens is 1. The number of aryl methyl sites for hydroxylation is 1. The fourth-order valence-electron chi connectivity index (χ4n) is 5.18. The van der Waals surface area contributed by atoms with Crippen LogP contribution in [0.3, 0.4) is 0 Å². The van der Waals surface area contributed by atoms with E-state index in [0.717, 1.165) is 19.3 Å². The van der Waals surface area contributed by atoms with E-state index in [1.54, 1.807) is 27.1 Å². The zero-order valence-corrected chi connectivity index (χ0v) is 21.0. The molecule has 0 spiro atoms. The fraction of sp³-hybridized carbons (Fsp3) is 0.478. The van der Waals surface area contributed by atoms with Crippen LogP contribution in [0.15, 0.2) is 34.2 Å². The Bertz CT molecular complexity index is 1620. The molecule has 0 radical (unpaired) electrons. The lowest BCUT2D eigenvalue weighted by atomic mass is 10.2. The van der Waals surface area contributed by atoms with Gasteiger partial charge in [0.2, 0.25) is 10.0 Å². The van der Waals surface area contributed by atoms with Crippen molar-refractivity contribution < 1.29 is 13.2 Å². The van der Waals surface area contributed by atoms with Crippen LogP contribution in [0.5, 0.6) is 5.75 Å². The molecule has 5 heterocycles. The highest BCUT2D eigenvalue weighted by Gasteiger charge is 2.44. The van der Waals surface area contributed by atoms with Crippen molar-refractivity contribution in [2.75, 3.05) is 19.7 Å². The summed E-state index contributed by atoms with van der Waals surface area (Å²) in [6.45, 7) is 6.05. The van der Waals surface area contributed by atoms with Crippen LogP contribution in [-0.2, 0) is 16.6 Å². The monoisotopic (exact) mass is 512 g/mol. The first-order chi connectivity index (χ1) is 17.4. The van der Waals surface area contributed by atoms with Gasteiger partial charge in [0.05, 0.1) is 17.1 Å². The molecule has 2 atom stereocenters. The van der Waals surface area contributed by atoms with Crippen molar-refractivity contribution in [2.24, 2.45) is 0 Å². The van der Waals surface area contributed by atoms with E-state index in [1.165, 1.54) is 10.7 Å². The van der Waals surface area contributed by atoms with E-state index in [1.807, 2.05) is 13.8 Å². The molecular weight excluding hydrogens is 484 g/mol. The van der Waals surface area contributed by atoms with Crippen molar-refractivity contribution in [3.05, 3.63) is 35.0 Å². The van der Waals surface area contributed by atoms with Crippen LogP contribution in [0.4, 0.5) is 0 Å². The van der Waals surface area contributed by atoms with Crippen LogP contribution in [0.25, 0.3) is 28.2 Å². The van der Waals surface area contributed by atoms with Crippen molar-refractivity contribution in [3.8, 4) is 17.1 Å². The molecular formula is C23H28N8O4S. The first kappa shape index (κ1) is 23.1. The van der Waals surface area contributed by atoms with E-state index >= 15 is 0 Å². The van der Waals surface area contributed by atoms with Gasteiger partial charge in [-0.3, -0.25) is 4.57 Å². The molecule has 2 aliphatic rings. The number of aromatic nitrogens is 6. The maximum atomic E-state index is 13.6. The van der Waals surface area contributed by atoms with Crippen molar-refractivity contribution in [2.45, 2.75) is 56.6 Å². The fourth-order valence-corrected chi connectivity index (χ4v) is 6.89. The average Bonchev–Trinajstić information content (AvgIpc) is 3.68. The molecule has 2 aliphatic heterocycles. The second-order valence-corrected chi connectivity index (χ2v) is 11.2. The van der Waals surface area contributed by atoms with E-state index in [4.69, 9.17) is 9.72 Å². The molecule has 190 valence electrons. The molecule has 1 aromatic carbocycles. The summed E-state index contributed by atoms with van der Waals surface area (Å²) in [5, 5.41) is 11.4. The standard InChI is InChI=1S/C23H28N8O4S/c1-3-7-29-21-19(22-28-25-13-30(22)23(29)32)26-20(27-21)17-10-16(5-6-18(17)35-8-4-2)36(33,34)31-12-14-9-15(31)11-24-14/h5-6,10,13-15,24H,3-4,7-9,11-12H2,1-2H3,(H,26,27)/t14-,15-/m0/s1. The smallest absolute Gasteiger partial charge is 0.336 e. The zero-order chi connectivity index (χ0) is 25.0. The number of sulfonamides is 1. The predicted octanol–water partition coefficient (Wildman–Crippen LogP) is 1.37. The van der Waals surface area contributed by atoms with Gasteiger partial charge in [-0.15, -0.1) is 10.2 Å². The summed E-state index contributed by atoms with van der Waals surface area (Å²) in [6, 6.07) is 5.06. The predicted molar refractivity (Wildman–Crippen MR) is 132 cm³/mol. The van der Waals surface area contributed by atoms with E-state index in [9.17, 15) is 13.2 Å². The molecule has 0 saturated carbocycles. The number of rotatable bonds is 8. The molecule has 2 saturated heterocycles. The number of aromatic amines is 1. The normalized spacial score (nSPS) is 20.2. The molecule has 0 unspecified atom stereocenters. The highest BCUT2D eigenvalue weighted by molar-refractivity contribution is 7.89. The van der Waals surface area contributed by atoms with Crippen LogP contribution in [0, 0.1) is 0 Å². The van der Waals surface area contributed by atoms with E-state index in [-0.39, 0.29) is 22.7 Å². The minimum Gasteiger partial charge on any atom is -0.493 e. The number of imidazole rings is 1. The quantitative estimate of drug-likeness (QED) is 0.361. The lowest BCUT2D eigenvalue weighted by Gasteiger charge is -2.26. The summed E-state index contributed by atoms with van der Waals surface area (Å²) in [4.78, 5) is 21.2. The Labute approximate surface area is 207 Å². The molecule has 6 rings (SSSR count).